The first kappa shape index (κ1) is 19.5. The third-order valence-electron chi connectivity index (χ3n) is 3.76. The second-order valence-corrected chi connectivity index (χ2v) is 7.41. The summed E-state index contributed by atoms with van der Waals surface area (Å²) in [7, 11) is 3.19. The Morgan fingerprint density at radius 1 is 1.04 bits per heavy atom. The summed E-state index contributed by atoms with van der Waals surface area (Å²) in [6.45, 7) is 3.83. The summed E-state index contributed by atoms with van der Waals surface area (Å²) in [5.41, 5.74) is 0.953. The second-order valence-electron chi connectivity index (χ2n) is 5.56. The molecule has 0 spiro atoms. The third-order valence-corrected chi connectivity index (χ3v) is 5.13. The van der Waals surface area contributed by atoms with Crippen LogP contribution in [0.15, 0.2) is 47.4 Å². The van der Waals surface area contributed by atoms with Gasteiger partial charge in [0.15, 0.2) is 11.5 Å². The smallest absolute Gasteiger partial charge is 0.233 e. The lowest BCUT2D eigenvalue weighted by atomic mass is 10.1. The second kappa shape index (κ2) is 9.02. The van der Waals surface area contributed by atoms with Crippen molar-refractivity contribution >= 4 is 29.3 Å². The number of rotatable bonds is 7. The van der Waals surface area contributed by atoms with Crippen LogP contribution in [0.5, 0.6) is 11.5 Å². The van der Waals surface area contributed by atoms with Gasteiger partial charge in [-0.2, -0.15) is 0 Å². The number of ether oxygens (including phenoxy) is 2. The topological polar surface area (TPSA) is 47.6 Å². The standard InChI is InChI=1S/C19H22ClNO3S/c1-12(14-5-10-17(23-3)18(11-14)24-4)21-19(22)13(2)25-16-8-6-15(20)7-9-16/h5-13H,1-4H3,(H,21,22)/t12-,13+/m1/s1. The lowest BCUT2D eigenvalue weighted by Crippen LogP contribution is -2.33. The Kier molecular flexibility index (Phi) is 7.02. The number of hydrogen-bond acceptors (Lipinski definition) is 4. The molecule has 0 unspecified atom stereocenters. The van der Waals surface area contributed by atoms with Gasteiger partial charge in [-0.25, -0.2) is 0 Å². The molecule has 0 fully saturated rings. The van der Waals surface area contributed by atoms with Gasteiger partial charge in [-0.1, -0.05) is 17.7 Å². The molecule has 4 nitrogen and oxygen atoms in total. The molecule has 0 aliphatic heterocycles. The van der Waals surface area contributed by atoms with Crippen LogP contribution in [0.4, 0.5) is 0 Å². The maximum atomic E-state index is 12.5. The van der Waals surface area contributed by atoms with Crippen molar-refractivity contribution in [1.82, 2.24) is 5.32 Å². The van der Waals surface area contributed by atoms with Crippen LogP contribution in [0.3, 0.4) is 0 Å². The van der Waals surface area contributed by atoms with Crippen molar-refractivity contribution in [2.45, 2.75) is 30.0 Å². The summed E-state index contributed by atoms with van der Waals surface area (Å²) in [4.78, 5) is 13.5. The predicted molar refractivity (Wildman–Crippen MR) is 103 cm³/mol. The van der Waals surface area contributed by atoms with E-state index in [1.807, 2.05) is 56.3 Å². The molecule has 25 heavy (non-hydrogen) atoms. The van der Waals surface area contributed by atoms with E-state index in [1.54, 1.807) is 14.2 Å². The van der Waals surface area contributed by atoms with Crippen molar-refractivity contribution in [1.29, 1.82) is 0 Å². The van der Waals surface area contributed by atoms with Crippen molar-refractivity contribution in [3.63, 3.8) is 0 Å². The zero-order chi connectivity index (χ0) is 18.4. The van der Waals surface area contributed by atoms with Gasteiger partial charge >= 0.3 is 0 Å². The van der Waals surface area contributed by atoms with Crippen LogP contribution in [-0.2, 0) is 4.79 Å². The SMILES string of the molecule is COc1ccc([C@@H](C)NC(=O)[C@H](C)Sc2ccc(Cl)cc2)cc1OC. The van der Waals surface area contributed by atoms with Gasteiger partial charge in [-0.05, 0) is 55.8 Å². The summed E-state index contributed by atoms with van der Waals surface area (Å²) in [6.07, 6.45) is 0. The van der Waals surface area contributed by atoms with E-state index in [-0.39, 0.29) is 17.2 Å². The van der Waals surface area contributed by atoms with Crippen LogP contribution in [0.25, 0.3) is 0 Å². The molecule has 1 N–H and O–H groups in total. The number of carbonyl (C=O) groups is 1. The number of nitrogens with one attached hydrogen (secondary N) is 1. The Labute approximate surface area is 157 Å². The van der Waals surface area contributed by atoms with E-state index in [9.17, 15) is 4.79 Å². The van der Waals surface area contributed by atoms with Crippen LogP contribution in [0, 0.1) is 0 Å². The molecule has 0 aromatic heterocycles. The molecular formula is C19H22ClNO3S. The highest BCUT2D eigenvalue weighted by atomic mass is 35.5. The van der Waals surface area contributed by atoms with Gasteiger partial charge in [0.1, 0.15) is 0 Å². The number of benzene rings is 2. The van der Waals surface area contributed by atoms with Crippen molar-refractivity contribution in [2.24, 2.45) is 0 Å². The fourth-order valence-corrected chi connectivity index (χ4v) is 3.31. The van der Waals surface area contributed by atoms with Crippen LogP contribution < -0.4 is 14.8 Å². The van der Waals surface area contributed by atoms with Gasteiger partial charge in [0.05, 0.1) is 25.5 Å². The number of amides is 1. The molecule has 0 aliphatic rings. The Morgan fingerprint density at radius 3 is 2.28 bits per heavy atom. The first-order valence-corrected chi connectivity index (χ1v) is 9.15. The van der Waals surface area contributed by atoms with Gasteiger partial charge in [0.2, 0.25) is 5.91 Å². The number of hydrogen-bond donors (Lipinski definition) is 1. The minimum Gasteiger partial charge on any atom is -0.493 e. The molecule has 2 atom stereocenters. The monoisotopic (exact) mass is 379 g/mol. The molecule has 0 bridgehead atoms. The fraction of sp³-hybridized carbons (Fsp3) is 0.316. The lowest BCUT2D eigenvalue weighted by molar-refractivity contribution is -0.120. The van der Waals surface area contributed by atoms with Gasteiger partial charge < -0.3 is 14.8 Å². The molecule has 1 amide bonds. The maximum absolute atomic E-state index is 12.5. The van der Waals surface area contributed by atoms with Crippen molar-refractivity contribution in [3.05, 3.63) is 53.1 Å². The molecule has 0 aliphatic carbocycles. The molecule has 134 valence electrons. The Morgan fingerprint density at radius 2 is 1.68 bits per heavy atom. The molecule has 6 heteroatoms. The molecule has 0 radical (unpaired) electrons. The highest BCUT2D eigenvalue weighted by Crippen LogP contribution is 2.30. The summed E-state index contributed by atoms with van der Waals surface area (Å²) in [6, 6.07) is 13.0. The molecule has 2 aromatic carbocycles. The van der Waals surface area contributed by atoms with Crippen LogP contribution in [0.2, 0.25) is 5.02 Å². The summed E-state index contributed by atoms with van der Waals surface area (Å²) in [5.74, 6) is 1.28. The van der Waals surface area contributed by atoms with Gasteiger partial charge in [-0.3, -0.25) is 4.79 Å². The van der Waals surface area contributed by atoms with E-state index >= 15 is 0 Å². The zero-order valence-electron chi connectivity index (χ0n) is 14.7. The maximum Gasteiger partial charge on any atom is 0.233 e. The minimum atomic E-state index is -0.219. The van der Waals surface area contributed by atoms with E-state index in [1.165, 1.54) is 11.8 Å². The highest BCUT2D eigenvalue weighted by Gasteiger charge is 2.18. The molecule has 2 aromatic rings. The largest absolute Gasteiger partial charge is 0.493 e. The van der Waals surface area contributed by atoms with E-state index in [4.69, 9.17) is 21.1 Å². The van der Waals surface area contributed by atoms with Crippen molar-refractivity contribution in [3.8, 4) is 11.5 Å². The number of halogens is 1. The fourth-order valence-electron chi connectivity index (χ4n) is 2.31. The molecular weight excluding hydrogens is 358 g/mol. The third kappa shape index (κ3) is 5.31. The summed E-state index contributed by atoms with van der Waals surface area (Å²) >= 11 is 7.38. The Bertz CT molecular complexity index is 721. The average molecular weight is 380 g/mol. The molecule has 0 saturated heterocycles. The molecule has 0 heterocycles. The molecule has 2 rings (SSSR count). The quantitative estimate of drug-likeness (QED) is 0.707. The van der Waals surface area contributed by atoms with Gasteiger partial charge in [0, 0.05) is 9.92 Å². The Hall–Kier alpha value is -1.85. The van der Waals surface area contributed by atoms with Gasteiger partial charge in [0.25, 0.3) is 0 Å². The summed E-state index contributed by atoms with van der Waals surface area (Å²) < 4.78 is 10.6. The number of methoxy groups -OCH3 is 2. The number of thioether (sulfide) groups is 1. The van der Waals surface area contributed by atoms with Crippen molar-refractivity contribution in [2.75, 3.05) is 14.2 Å². The molecule has 0 saturated carbocycles. The van der Waals surface area contributed by atoms with E-state index in [2.05, 4.69) is 5.32 Å². The van der Waals surface area contributed by atoms with E-state index in [0.29, 0.717) is 16.5 Å². The van der Waals surface area contributed by atoms with Crippen LogP contribution in [0.1, 0.15) is 25.5 Å². The first-order valence-electron chi connectivity index (χ1n) is 7.89. The Balaban J connectivity index is 2.00. The highest BCUT2D eigenvalue weighted by molar-refractivity contribution is 8.00. The first-order chi connectivity index (χ1) is 11.9. The van der Waals surface area contributed by atoms with Crippen LogP contribution in [-0.4, -0.2) is 25.4 Å². The van der Waals surface area contributed by atoms with E-state index < -0.39 is 0 Å². The van der Waals surface area contributed by atoms with E-state index in [0.717, 1.165) is 10.5 Å². The normalized spacial score (nSPS) is 13.0. The predicted octanol–water partition coefficient (Wildman–Crippen LogP) is 4.72. The van der Waals surface area contributed by atoms with Crippen LogP contribution >= 0.6 is 23.4 Å². The number of carbonyl (C=O) groups excluding carboxylic acids is 1. The zero-order valence-corrected chi connectivity index (χ0v) is 16.3. The van der Waals surface area contributed by atoms with Gasteiger partial charge in [-0.15, -0.1) is 11.8 Å². The lowest BCUT2D eigenvalue weighted by Gasteiger charge is -2.19. The minimum absolute atomic E-state index is 0.0257. The average Bonchev–Trinajstić information content (AvgIpc) is 2.62. The van der Waals surface area contributed by atoms with Crippen molar-refractivity contribution < 1.29 is 14.3 Å². The summed E-state index contributed by atoms with van der Waals surface area (Å²) in [5, 5.41) is 3.50.